The van der Waals surface area contributed by atoms with E-state index in [1.807, 2.05) is 30.1 Å². The van der Waals surface area contributed by atoms with Gasteiger partial charge in [0.25, 0.3) is 0 Å². The average Bonchev–Trinajstić information content (AvgIpc) is 2.90. The van der Waals surface area contributed by atoms with Gasteiger partial charge in [0, 0.05) is 45.3 Å². The molecule has 192 valence electrons. The number of methoxy groups -OCH3 is 1. The van der Waals surface area contributed by atoms with Gasteiger partial charge in [-0.3, -0.25) is 19.4 Å². The molecule has 5 rings (SSSR count). The van der Waals surface area contributed by atoms with Crippen LogP contribution < -0.4 is 14.5 Å². The van der Waals surface area contributed by atoms with Gasteiger partial charge in [0.2, 0.25) is 11.8 Å². The number of anilines is 2. The van der Waals surface area contributed by atoms with Crippen LogP contribution in [0.5, 0.6) is 5.75 Å². The Labute approximate surface area is 213 Å². The molecule has 1 saturated carbocycles. The third-order valence-electron chi connectivity index (χ3n) is 8.05. The Morgan fingerprint density at radius 3 is 2.53 bits per heavy atom. The predicted molar refractivity (Wildman–Crippen MR) is 138 cm³/mol. The van der Waals surface area contributed by atoms with Crippen molar-refractivity contribution in [2.24, 2.45) is 5.92 Å². The molecule has 9 heteroatoms. The molecule has 1 aromatic carbocycles. The van der Waals surface area contributed by atoms with Gasteiger partial charge >= 0.3 is 0 Å². The molecule has 1 aromatic heterocycles. The van der Waals surface area contributed by atoms with E-state index in [0.29, 0.717) is 37.3 Å². The third-order valence-corrected chi connectivity index (χ3v) is 8.05. The number of likely N-dealkylation sites (N-methyl/N-ethyl adjacent to an activating group) is 1. The molecule has 36 heavy (non-hydrogen) atoms. The molecule has 1 aliphatic carbocycles. The van der Waals surface area contributed by atoms with Crippen LogP contribution in [-0.4, -0.2) is 85.0 Å². The minimum absolute atomic E-state index is 0.00112. The van der Waals surface area contributed by atoms with Crippen molar-refractivity contribution in [2.45, 2.75) is 44.7 Å². The molecule has 0 unspecified atom stereocenters. The number of rotatable bonds is 6. The third kappa shape index (κ3) is 5.02. The van der Waals surface area contributed by atoms with Crippen molar-refractivity contribution in [3.05, 3.63) is 41.7 Å². The number of nitrogens with zero attached hydrogens (tertiary/aromatic N) is 6. The highest BCUT2D eigenvalue weighted by Crippen LogP contribution is 2.31. The van der Waals surface area contributed by atoms with Crippen molar-refractivity contribution >= 4 is 23.5 Å². The van der Waals surface area contributed by atoms with Crippen LogP contribution in [0.25, 0.3) is 0 Å². The second kappa shape index (κ2) is 10.4. The number of hydrogen-bond acceptors (Lipinski definition) is 7. The number of piperazine rings is 1. The topological polar surface area (TPSA) is 82.1 Å². The first-order valence-corrected chi connectivity index (χ1v) is 12.9. The van der Waals surface area contributed by atoms with E-state index in [1.54, 1.807) is 24.4 Å². The molecule has 3 heterocycles. The summed E-state index contributed by atoms with van der Waals surface area (Å²) in [7, 11) is 5.58. The number of ether oxygens (including phenoxy) is 1. The Morgan fingerprint density at radius 1 is 1.03 bits per heavy atom. The van der Waals surface area contributed by atoms with Gasteiger partial charge in [-0.25, -0.2) is 9.97 Å². The van der Waals surface area contributed by atoms with Gasteiger partial charge in [0.15, 0.2) is 5.82 Å². The summed E-state index contributed by atoms with van der Waals surface area (Å²) in [6.45, 7) is 3.78. The monoisotopic (exact) mass is 492 g/mol. The maximum atomic E-state index is 12.8. The Hall–Kier alpha value is -3.20. The van der Waals surface area contributed by atoms with Crippen LogP contribution in [0.1, 0.15) is 36.8 Å². The van der Waals surface area contributed by atoms with E-state index in [-0.39, 0.29) is 11.8 Å². The molecule has 0 spiro atoms. The Balaban J connectivity index is 1.15. The van der Waals surface area contributed by atoms with Crippen LogP contribution in [0.4, 0.5) is 11.6 Å². The number of carbonyl (C=O) groups excluding carboxylic acids is 2. The van der Waals surface area contributed by atoms with E-state index in [4.69, 9.17) is 4.74 Å². The number of hydrogen-bond donors (Lipinski definition) is 0. The van der Waals surface area contributed by atoms with Crippen molar-refractivity contribution in [1.82, 2.24) is 19.8 Å². The van der Waals surface area contributed by atoms with Crippen LogP contribution in [0.3, 0.4) is 0 Å². The van der Waals surface area contributed by atoms with Gasteiger partial charge in [-0.2, -0.15) is 0 Å². The first-order valence-electron chi connectivity index (χ1n) is 12.9. The zero-order valence-electron chi connectivity index (χ0n) is 21.5. The van der Waals surface area contributed by atoms with Gasteiger partial charge in [0.1, 0.15) is 11.6 Å². The molecular formula is C27H36N6O3. The second-order valence-electron chi connectivity index (χ2n) is 10.3. The molecule has 9 nitrogen and oxygen atoms in total. The number of carbonyl (C=O) groups is 2. The largest absolute Gasteiger partial charge is 0.496 e. The lowest BCUT2D eigenvalue weighted by Crippen LogP contribution is -2.53. The number of aromatic nitrogens is 2. The average molecular weight is 493 g/mol. The van der Waals surface area contributed by atoms with Crippen molar-refractivity contribution < 1.29 is 14.3 Å². The summed E-state index contributed by atoms with van der Waals surface area (Å²) in [6, 6.07) is 6.40. The zero-order chi connectivity index (χ0) is 25.2. The molecule has 2 amide bonds. The van der Waals surface area contributed by atoms with Gasteiger partial charge in [0.05, 0.1) is 39.0 Å². The standard InChI is InChI=1S/C27H36N6O3/c1-30-11-12-32(18-27(30)35)21-9-7-19(8-10-21)16-31(2)24-14-29-25(15-28-24)33-17-20-5-4-6-23(36-3)22(20)13-26(33)34/h4-6,14-15,19,21H,7-13,16-18H2,1-3H3. The van der Waals surface area contributed by atoms with Gasteiger partial charge in [-0.15, -0.1) is 0 Å². The highest BCUT2D eigenvalue weighted by atomic mass is 16.5. The smallest absolute Gasteiger partial charge is 0.236 e. The molecule has 1 saturated heterocycles. The van der Waals surface area contributed by atoms with Crippen LogP contribution in [0.2, 0.25) is 0 Å². The lowest BCUT2D eigenvalue weighted by molar-refractivity contribution is -0.135. The SMILES string of the molecule is COc1cccc2c1CC(=O)N(c1cnc(N(C)CC3CCC(N4CCN(C)C(=O)C4)CC3)cn1)C2. The summed E-state index contributed by atoms with van der Waals surface area (Å²) >= 11 is 0. The van der Waals surface area contributed by atoms with E-state index in [1.165, 1.54) is 0 Å². The van der Waals surface area contributed by atoms with Gasteiger partial charge < -0.3 is 14.5 Å². The van der Waals surface area contributed by atoms with Crippen LogP contribution in [0, 0.1) is 5.92 Å². The van der Waals surface area contributed by atoms with Crippen LogP contribution >= 0.6 is 0 Å². The lowest BCUT2D eigenvalue weighted by Gasteiger charge is -2.41. The fourth-order valence-corrected chi connectivity index (χ4v) is 5.78. The second-order valence-corrected chi connectivity index (χ2v) is 10.3. The summed E-state index contributed by atoms with van der Waals surface area (Å²) in [4.78, 5) is 42.2. The first-order chi connectivity index (χ1) is 17.4. The summed E-state index contributed by atoms with van der Waals surface area (Å²) in [5, 5.41) is 0. The summed E-state index contributed by atoms with van der Waals surface area (Å²) < 4.78 is 5.43. The Kier molecular flexibility index (Phi) is 7.09. The highest BCUT2D eigenvalue weighted by Gasteiger charge is 2.31. The summed E-state index contributed by atoms with van der Waals surface area (Å²) in [6.07, 6.45) is 8.38. The maximum Gasteiger partial charge on any atom is 0.236 e. The van der Waals surface area contributed by atoms with E-state index >= 15 is 0 Å². The van der Waals surface area contributed by atoms with E-state index in [9.17, 15) is 9.59 Å². The maximum absolute atomic E-state index is 12.8. The van der Waals surface area contributed by atoms with Crippen molar-refractivity contribution in [1.29, 1.82) is 0 Å². The minimum atomic E-state index is 0.00112. The molecule has 2 aromatic rings. The summed E-state index contributed by atoms with van der Waals surface area (Å²) in [5.41, 5.74) is 2.04. The molecule has 0 atom stereocenters. The molecule has 3 aliphatic rings. The Morgan fingerprint density at radius 2 is 1.83 bits per heavy atom. The predicted octanol–water partition coefficient (Wildman–Crippen LogP) is 2.34. The molecular weight excluding hydrogens is 456 g/mol. The van der Waals surface area contributed by atoms with E-state index in [0.717, 1.165) is 68.0 Å². The van der Waals surface area contributed by atoms with Crippen molar-refractivity contribution in [2.75, 3.05) is 57.2 Å². The molecule has 0 N–H and O–H groups in total. The normalized spacial score (nSPS) is 23.0. The lowest BCUT2D eigenvalue weighted by atomic mass is 9.84. The molecule has 0 bridgehead atoms. The van der Waals surface area contributed by atoms with E-state index in [2.05, 4.69) is 26.8 Å². The zero-order valence-corrected chi connectivity index (χ0v) is 21.5. The van der Waals surface area contributed by atoms with Crippen LogP contribution in [-0.2, 0) is 22.6 Å². The molecule has 2 fully saturated rings. The molecule has 2 aliphatic heterocycles. The van der Waals surface area contributed by atoms with Crippen LogP contribution in [0.15, 0.2) is 30.6 Å². The minimum Gasteiger partial charge on any atom is -0.496 e. The first kappa shape index (κ1) is 24.5. The fourth-order valence-electron chi connectivity index (χ4n) is 5.78. The Bertz CT molecular complexity index is 1100. The number of benzene rings is 1. The van der Waals surface area contributed by atoms with Gasteiger partial charge in [-0.1, -0.05) is 12.1 Å². The summed E-state index contributed by atoms with van der Waals surface area (Å²) in [5.74, 6) is 2.99. The van der Waals surface area contributed by atoms with Crippen molar-refractivity contribution in [3.63, 3.8) is 0 Å². The number of fused-ring (bicyclic) bond motifs is 1. The van der Waals surface area contributed by atoms with Crippen molar-refractivity contribution in [3.8, 4) is 5.75 Å². The van der Waals surface area contributed by atoms with Gasteiger partial charge in [-0.05, 0) is 43.2 Å². The quantitative estimate of drug-likeness (QED) is 0.612. The molecule has 0 radical (unpaired) electrons. The highest BCUT2D eigenvalue weighted by molar-refractivity contribution is 5.96. The fraction of sp³-hybridized carbons (Fsp3) is 0.556. The van der Waals surface area contributed by atoms with E-state index < -0.39 is 0 Å². The number of amides is 2.